The Labute approximate surface area is 158 Å². The molecule has 144 valence electrons. The third-order valence-corrected chi connectivity index (χ3v) is 4.74. The fraction of sp³-hybridized carbons (Fsp3) is 0.250. The minimum absolute atomic E-state index is 0.0147. The highest BCUT2D eigenvalue weighted by atomic mass is 35.5. The first-order valence-electron chi connectivity index (χ1n) is 7.36. The molecule has 0 aliphatic carbocycles. The number of benzene rings is 1. The smallest absolute Gasteiger partial charge is 0.431 e. The Kier molecular flexibility index (Phi) is 4.89. The van der Waals surface area contributed by atoms with Crippen molar-refractivity contribution in [2.24, 2.45) is 7.05 Å². The predicted octanol–water partition coefficient (Wildman–Crippen LogP) is 3.96. The zero-order valence-corrected chi connectivity index (χ0v) is 15.4. The van der Waals surface area contributed by atoms with Crippen molar-refractivity contribution >= 4 is 34.3 Å². The lowest BCUT2D eigenvalue weighted by atomic mass is 10.2. The fourth-order valence-corrected chi connectivity index (χ4v) is 3.35. The zero-order valence-electron chi connectivity index (χ0n) is 13.9. The fourth-order valence-electron chi connectivity index (χ4n) is 2.69. The molecule has 0 N–H and O–H groups in total. The largest absolute Gasteiger partial charge is 0.458 e. The minimum atomic E-state index is -4.92. The van der Waals surface area contributed by atoms with Crippen LogP contribution in [0.25, 0.3) is 16.7 Å². The molecule has 0 atom stereocenters. The van der Waals surface area contributed by atoms with E-state index in [2.05, 4.69) is 0 Å². The summed E-state index contributed by atoms with van der Waals surface area (Å²) in [6.45, 7) is 0. The van der Waals surface area contributed by atoms with Gasteiger partial charge in [-0.1, -0.05) is 11.6 Å². The van der Waals surface area contributed by atoms with E-state index in [4.69, 9.17) is 16.0 Å². The van der Waals surface area contributed by atoms with Crippen LogP contribution in [-0.4, -0.2) is 15.4 Å². The van der Waals surface area contributed by atoms with E-state index < -0.39 is 34.6 Å². The summed E-state index contributed by atoms with van der Waals surface area (Å²) in [4.78, 5) is 24.7. The molecule has 2 heterocycles. The van der Waals surface area contributed by atoms with E-state index in [1.807, 2.05) is 0 Å². The van der Waals surface area contributed by atoms with Crippen LogP contribution in [0.2, 0.25) is 5.02 Å². The molecule has 3 rings (SSSR count). The van der Waals surface area contributed by atoms with Crippen LogP contribution in [0, 0.1) is 5.82 Å². The molecule has 0 radical (unpaired) electrons. The lowest BCUT2D eigenvalue weighted by Crippen LogP contribution is -2.41. The summed E-state index contributed by atoms with van der Waals surface area (Å²) in [5, 5.41) is 0.227. The second-order valence-electron chi connectivity index (χ2n) is 5.62. The van der Waals surface area contributed by atoms with Crippen molar-refractivity contribution < 1.29 is 22.0 Å². The van der Waals surface area contributed by atoms with Crippen molar-refractivity contribution in [3.05, 3.63) is 61.3 Å². The van der Waals surface area contributed by atoms with Crippen LogP contribution in [0.4, 0.5) is 17.6 Å². The van der Waals surface area contributed by atoms with E-state index in [0.717, 1.165) is 13.1 Å². The third kappa shape index (κ3) is 3.27. The third-order valence-electron chi connectivity index (χ3n) is 3.86. The van der Waals surface area contributed by atoms with E-state index in [9.17, 15) is 27.2 Å². The number of hydrogen-bond acceptors (Lipinski definition) is 4. The van der Waals surface area contributed by atoms with Gasteiger partial charge in [0.15, 0.2) is 11.4 Å². The highest BCUT2D eigenvalue weighted by molar-refractivity contribution is 7.97. The standard InChI is InChI=1S/C16H11ClF4N2O3S/c1-22-11(16(19,20)21)5-12(24)23(15(22)25)13-10(18)4-9(17)8-3-7(6-27-2)26-14(8)13/h3-5H,6H2,1-2H3. The van der Waals surface area contributed by atoms with Gasteiger partial charge in [-0.05, 0) is 18.4 Å². The molecule has 3 aromatic rings. The molecule has 0 saturated heterocycles. The van der Waals surface area contributed by atoms with Crippen molar-refractivity contribution in [1.82, 2.24) is 9.13 Å². The summed E-state index contributed by atoms with van der Waals surface area (Å²) >= 11 is 7.41. The van der Waals surface area contributed by atoms with Gasteiger partial charge in [0, 0.05) is 18.5 Å². The summed E-state index contributed by atoms with van der Waals surface area (Å²) in [6, 6.07) is 2.63. The molecule has 0 aliphatic heterocycles. The summed E-state index contributed by atoms with van der Waals surface area (Å²) in [6.07, 6.45) is -3.12. The molecule has 5 nitrogen and oxygen atoms in total. The van der Waals surface area contributed by atoms with Gasteiger partial charge in [0.2, 0.25) is 0 Å². The number of hydrogen-bond donors (Lipinski definition) is 0. The first kappa shape index (κ1) is 19.6. The van der Waals surface area contributed by atoms with Crippen molar-refractivity contribution in [3.8, 4) is 5.69 Å². The summed E-state index contributed by atoms with van der Waals surface area (Å²) in [7, 11) is 0.841. The molecule has 0 unspecified atom stereocenters. The second kappa shape index (κ2) is 6.75. The van der Waals surface area contributed by atoms with Crippen LogP contribution >= 0.6 is 23.4 Å². The molecule has 2 aromatic heterocycles. The van der Waals surface area contributed by atoms with Crippen LogP contribution < -0.4 is 11.2 Å². The molecular weight excluding hydrogens is 412 g/mol. The number of furan rings is 1. The molecule has 0 spiro atoms. The van der Waals surface area contributed by atoms with Crippen LogP contribution in [0.15, 0.2) is 32.2 Å². The van der Waals surface area contributed by atoms with Gasteiger partial charge in [0.05, 0.1) is 10.8 Å². The van der Waals surface area contributed by atoms with E-state index in [1.54, 1.807) is 6.26 Å². The average molecular weight is 423 g/mol. The van der Waals surface area contributed by atoms with E-state index in [-0.39, 0.29) is 26.6 Å². The average Bonchev–Trinajstić information content (AvgIpc) is 2.97. The Bertz CT molecular complexity index is 1160. The highest BCUT2D eigenvalue weighted by Gasteiger charge is 2.35. The van der Waals surface area contributed by atoms with Gasteiger partial charge in [-0.2, -0.15) is 24.9 Å². The van der Waals surface area contributed by atoms with Gasteiger partial charge in [-0.15, -0.1) is 0 Å². The van der Waals surface area contributed by atoms with Gasteiger partial charge >= 0.3 is 11.9 Å². The quantitative estimate of drug-likeness (QED) is 0.600. The maximum absolute atomic E-state index is 14.6. The number of aromatic nitrogens is 2. The predicted molar refractivity (Wildman–Crippen MR) is 94.2 cm³/mol. The second-order valence-corrected chi connectivity index (χ2v) is 6.89. The van der Waals surface area contributed by atoms with Gasteiger partial charge in [-0.25, -0.2) is 13.8 Å². The van der Waals surface area contributed by atoms with E-state index >= 15 is 0 Å². The van der Waals surface area contributed by atoms with Crippen LogP contribution in [0.1, 0.15) is 11.5 Å². The number of alkyl halides is 3. The Morgan fingerprint density at radius 1 is 1.22 bits per heavy atom. The number of fused-ring (bicyclic) bond motifs is 1. The Morgan fingerprint density at radius 3 is 2.48 bits per heavy atom. The molecule has 0 amide bonds. The summed E-state index contributed by atoms with van der Waals surface area (Å²) in [5.74, 6) is -0.258. The molecule has 0 saturated carbocycles. The Balaban J connectivity index is 2.42. The van der Waals surface area contributed by atoms with Crippen molar-refractivity contribution in [1.29, 1.82) is 0 Å². The highest BCUT2D eigenvalue weighted by Crippen LogP contribution is 2.34. The first-order chi connectivity index (χ1) is 12.6. The Morgan fingerprint density at radius 2 is 1.89 bits per heavy atom. The lowest BCUT2D eigenvalue weighted by Gasteiger charge is -2.14. The molecule has 11 heteroatoms. The molecule has 27 heavy (non-hydrogen) atoms. The van der Waals surface area contributed by atoms with Crippen molar-refractivity contribution in [2.45, 2.75) is 11.9 Å². The normalized spacial score (nSPS) is 12.1. The number of halogens is 5. The molecule has 0 aliphatic rings. The number of nitrogens with zero attached hydrogens (tertiary/aromatic N) is 2. The van der Waals surface area contributed by atoms with E-state index in [0.29, 0.717) is 16.1 Å². The number of rotatable bonds is 3. The van der Waals surface area contributed by atoms with Gasteiger partial charge in [0.25, 0.3) is 5.56 Å². The molecule has 0 bridgehead atoms. The topological polar surface area (TPSA) is 57.1 Å². The monoisotopic (exact) mass is 422 g/mol. The summed E-state index contributed by atoms with van der Waals surface area (Å²) < 4.78 is 59.7. The van der Waals surface area contributed by atoms with Crippen molar-refractivity contribution in [3.63, 3.8) is 0 Å². The van der Waals surface area contributed by atoms with Crippen molar-refractivity contribution in [2.75, 3.05) is 6.26 Å². The zero-order chi connectivity index (χ0) is 20.1. The first-order valence-corrected chi connectivity index (χ1v) is 9.13. The summed E-state index contributed by atoms with van der Waals surface area (Å²) in [5.41, 5.74) is -4.91. The van der Waals surface area contributed by atoms with Gasteiger partial charge in [-0.3, -0.25) is 9.36 Å². The maximum Gasteiger partial charge on any atom is 0.431 e. The molecule has 1 aromatic carbocycles. The number of thioether (sulfide) groups is 1. The maximum atomic E-state index is 14.6. The van der Waals surface area contributed by atoms with Gasteiger partial charge < -0.3 is 4.42 Å². The van der Waals surface area contributed by atoms with Gasteiger partial charge in [0.1, 0.15) is 17.1 Å². The SMILES string of the molecule is CSCc1cc2c(Cl)cc(F)c(-n3c(=O)cc(C(F)(F)F)n(C)c3=O)c2o1. The van der Waals surface area contributed by atoms with Crippen LogP contribution in [0.5, 0.6) is 0 Å². The van der Waals surface area contributed by atoms with Crippen LogP contribution in [0.3, 0.4) is 0 Å². The Hall–Kier alpha value is -2.20. The van der Waals surface area contributed by atoms with Crippen LogP contribution in [-0.2, 0) is 19.0 Å². The molecular formula is C16H11ClF4N2O3S. The minimum Gasteiger partial charge on any atom is -0.458 e. The van der Waals surface area contributed by atoms with E-state index in [1.165, 1.54) is 17.8 Å². The molecule has 0 fully saturated rings. The lowest BCUT2D eigenvalue weighted by molar-refractivity contribution is -0.144.